The van der Waals surface area contributed by atoms with Crippen molar-refractivity contribution in [3.05, 3.63) is 34.7 Å². The Kier molecular flexibility index (Phi) is 7.00. The minimum Gasteiger partial charge on any atom is -0.497 e. The van der Waals surface area contributed by atoms with Gasteiger partial charge < -0.3 is 14.8 Å². The van der Waals surface area contributed by atoms with E-state index in [1.165, 1.54) is 22.2 Å². The van der Waals surface area contributed by atoms with Gasteiger partial charge in [-0.2, -0.15) is 0 Å². The van der Waals surface area contributed by atoms with E-state index in [9.17, 15) is 4.79 Å². The first-order valence-electron chi connectivity index (χ1n) is 10.4. The molecule has 9 heteroatoms. The molecule has 1 aliphatic rings. The predicted molar refractivity (Wildman–Crippen MR) is 133 cm³/mol. The van der Waals surface area contributed by atoms with E-state index >= 15 is 0 Å². The van der Waals surface area contributed by atoms with Crippen LogP contribution in [0.5, 0.6) is 5.75 Å². The van der Waals surface area contributed by atoms with Crippen LogP contribution in [0.2, 0.25) is 0 Å². The second-order valence-electron chi connectivity index (χ2n) is 8.46. The maximum Gasteiger partial charge on any atom is 0.234 e. The highest BCUT2D eigenvalue weighted by Gasteiger charge is 2.31. The topological polar surface area (TPSA) is 73.3 Å². The molecule has 3 aromatic rings. The van der Waals surface area contributed by atoms with Gasteiger partial charge in [0.15, 0.2) is 5.16 Å². The molecule has 0 fully saturated rings. The van der Waals surface area contributed by atoms with Gasteiger partial charge in [0.05, 0.1) is 25.1 Å². The Morgan fingerprint density at radius 1 is 1.34 bits per heavy atom. The Hall–Kier alpha value is -1.81. The first-order chi connectivity index (χ1) is 15.2. The van der Waals surface area contributed by atoms with E-state index in [-0.39, 0.29) is 17.3 Å². The molecule has 4 rings (SSSR count). The van der Waals surface area contributed by atoms with Crippen LogP contribution in [0.15, 0.2) is 34.4 Å². The van der Waals surface area contributed by atoms with E-state index in [0.717, 1.165) is 26.8 Å². The van der Waals surface area contributed by atoms with Crippen molar-refractivity contribution >= 4 is 56.7 Å². The molecule has 0 atom stereocenters. The van der Waals surface area contributed by atoms with Crippen molar-refractivity contribution in [2.24, 2.45) is 0 Å². The minimum atomic E-state index is -0.224. The van der Waals surface area contributed by atoms with E-state index in [1.807, 2.05) is 18.2 Å². The van der Waals surface area contributed by atoms with Crippen LogP contribution < -0.4 is 10.1 Å². The summed E-state index contributed by atoms with van der Waals surface area (Å²) in [5.74, 6) is 0.887. The van der Waals surface area contributed by atoms with Crippen molar-refractivity contribution in [2.75, 3.05) is 18.2 Å². The molecular formula is C23H27N3O3S3. The number of benzene rings is 1. The molecule has 1 aromatic carbocycles. The van der Waals surface area contributed by atoms with Crippen LogP contribution >= 0.6 is 34.9 Å². The average molecular weight is 490 g/mol. The van der Waals surface area contributed by atoms with Gasteiger partial charge in [-0.15, -0.1) is 11.3 Å². The molecule has 1 N–H and O–H groups in total. The molecule has 0 radical (unpaired) electrons. The van der Waals surface area contributed by atoms with Crippen LogP contribution in [0.25, 0.3) is 10.2 Å². The largest absolute Gasteiger partial charge is 0.497 e. The van der Waals surface area contributed by atoms with Crippen molar-refractivity contribution in [3.8, 4) is 5.75 Å². The van der Waals surface area contributed by atoms with Crippen molar-refractivity contribution in [2.45, 2.75) is 61.8 Å². The number of carbonyl (C=O) groups excluding carboxylic acids is 1. The van der Waals surface area contributed by atoms with Crippen LogP contribution in [-0.2, 0) is 22.6 Å². The number of fused-ring (bicyclic) bond motifs is 3. The second kappa shape index (κ2) is 9.59. The van der Waals surface area contributed by atoms with Crippen LogP contribution in [0.3, 0.4) is 0 Å². The van der Waals surface area contributed by atoms with Gasteiger partial charge in [-0.25, -0.2) is 9.97 Å². The Morgan fingerprint density at radius 3 is 2.91 bits per heavy atom. The predicted octanol–water partition coefficient (Wildman–Crippen LogP) is 5.78. The smallest absolute Gasteiger partial charge is 0.234 e. The Balaban J connectivity index is 1.61. The van der Waals surface area contributed by atoms with Crippen molar-refractivity contribution in [1.82, 2.24) is 9.97 Å². The third-order valence-corrected chi connectivity index (χ3v) is 7.85. The number of amides is 1. The highest BCUT2D eigenvalue weighted by atomic mass is 32.2. The molecule has 3 heterocycles. The zero-order valence-electron chi connectivity index (χ0n) is 18.9. The van der Waals surface area contributed by atoms with Crippen LogP contribution in [0.4, 0.5) is 5.69 Å². The summed E-state index contributed by atoms with van der Waals surface area (Å²) in [5.41, 5.74) is 1.75. The summed E-state index contributed by atoms with van der Waals surface area (Å²) in [5, 5.41) is 6.02. The summed E-state index contributed by atoms with van der Waals surface area (Å²) in [4.78, 5) is 24.5. The van der Waals surface area contributed by atoms with Crippen molar-refractivity contribution in [3.63, 3.8) is 0 Å². The van der Waals surface area contributed by atoms with Gasteiger partial charge >= 0.3 is 0 Å². The van der Waals surface area contributed by atoms with Gasteiger partial charge in [0, 0.05) is 33.7 Å². The lowest BCUT2D eigenvalue weighted by Crippen LogP contribution is -2.31. The van der Waals surface area contributed by atoms with Crippen LogP contribution in [0, 0.1) is 0 Å². The fourth-order valence-electron chi connectivity index (χ4n) is 3.49. The van der Waals surface area contributed by atoms with E-state index in [2.05, 4.69) is 33.0 Å². The molecule has 6 nitrogen and oxygen atoms in total. The molecule has 2 aromatic heterocycles. The lowest BCUT2D eigenvalue weighted by molar-refractivity contribution is -0.113. The van der Waals surface area contributed by atoms with E-state index in [4.69, 9.17) is 19.4 Å². The van der Waals surface area contributed by atoms with Crippen molar-refractivity contribution < 1.29 is 14.3 Å². The van der Waals surface area contributed by atoms with E-state index in [0.29, 0.717) is 23.3 Å². The van der Waals surface area contributed by atoms with Gasteiger partial charge in [-0.3, -0.25) is 4.79 Å². The highest BCUT2D eigenvalue weighted by molar-refractivity contribution is 8.00. The molecule has 0 unspecified atom stereocenters. The number of thioether (sulfide) groups is 2. The van der Waals surface area contributed by atoms with Gasteiger partial charge in [-0.1, -0.05) is 43.4 Å². The number of hydrogen-bond donors (Lipinski definition) is 1. The number of nitrogens with one attached hydrogen (secondary N) is 1. The summed E-state index contributed by atoms with van der Waals surface area (Å²) in [6.07, 6.45) is 0.811. The maximum atomic E-state index is 12.7. The number of thiophene rings is 1. The molecule has 1 amide bonds. The lowest BCUT2D eigenvalue weighted by atomic mass is 9.95. The summed E-state index contributed by atoms with van der Waals surface area (Å²) >= 11 is 4.78. The molecule has 0 saturated carbocycles. The number of anilines is 1. The number of aromatic nitrogens is 2. The first-order valence-corrected chi connectivity index (χ1v) is 13.1. The zero-order chi connectivity index (χ0) is 22.9. The SMILES string of the molecule is COc1cccc(NC(=O)CSc2nc(SC(C)C)nc3sc4c(c23)CC(C)(C)OC4)c1. The van der Waals surface area contributed by atoms with E-state index in [1.54, 1.807) is 36.3 Å². The van der Waals surface area contributed by atoms with Crippen LogP contribution in [0.1, 0.15) is 38.1 Å². The molecule has 0 spiro atoms. The monoisotopic (exact) mass is 489 g/mol. The third kappa shape index (κ3) is 5.39. The lowest BCUT2D eigenvalue weighted by Gasteiger charge is -2.30. The number of hydrogen-bond acceptors (Lipinski definition) is 8. The van der Waals surface area contributed by atoms with Gasteiger partial charge in [0.1, 0.15) is 15.6 Å². The van der Waals surface area contributed by atoms with Crippen LogP contribution in [-0.4, -0.2) is 39.6 Å². The second-order valence-corrected chi connectivity index (χ2v) is 12.0. The molecule has 0 aliphatic carbocycles. The molecule has 1 aliphatic heterocycles. The zero-order valence-corrected chi connectivity index (χ0v) is 21.3. The minimum absolute atomic E-state index is 0.0826. The molecule has 32 heavy (non-hydrogen) atoms. The van der Waals surface area contributed by atoms with E-state index < -0.39 is 0 Å². The van der Waals surface area contributed by atoms with Gasteiger partial charge in [0.25, 0.3) is 0 Å². The Morgan fingerprint density at radius 2 is 2.16 bits per heavy atom. The van der Waals surface area contributed by atoms with Gasteiger partial charge in [0.2, 0.25) is 5.91 Å². The Bertz CT molecular complexity index is 1140. The first kappa shape index (κ1) is 23.4. The third-order valence-electron chi connectivity index (χ3n) is 4.91. The normalized spacial score (nSPS) is 15.1. The quantitative estimate of drug-likeness (QED) is 0.256. The fourth-order valence-corrected chi connectivity index (χ4v) is 6.34. The highest BCUT2D eigenvalue weighted by Crippen LogP contribution is 2.42. The summed E-state index contributed by atoms with van der Waals surface area (Å²) < 4.78 is 11.2. The summed E-state index contributed by atoms with van der Waals surface area (Å²) in [7, 11) is 1.61. The fraction of sp³-hybridized carbons (Fsp3) is 0.435. The Labute approximate surface area is 200 Å². The maximum absolute atomic E-state index is 12.7. The molecule has 170 valence electrons. The molecule has 0 saturated heterocycles. The number of methoxy groups -OCH3 is 1. The standard InChI is InChI=1S/C23H27N3O3S3/c1-13(2)31-22-25-20(30-12-18(27)24-14-7-6-8-15(9-14)28-5)19-16-10-23(3,4)29-11-17(16)32-21(19)26-22/h6-9,13H,10-12H2,1-5H3,(H,24,27). The van der Waals surface area contributed by atoms with Crippen molar-refractivity contribution in [1.29, 1.82) is 0 Å². The molecular weight excluding hydrogens is 462 g/mol. The number of nitrogens with zero attached hydrogens (tertiary/aromatic N) is 2. The molecule has 0 bridgehead atoms. The number of rotatable bonds is 7. The summed E-state index contributed by atoms with van der Waals surface area (Å²) in [6, 6.07) is 7.36. The summed E-state index contributed by atoms with van der Waals surface area (Å²) in [6.45, 7) is 9.07. The number of ether oxygens (including phenoxy) is 2. The average Bonchev–Trinajstić information content (AvgIpc) is 3.08. The van der Waals surface area contributed by atoms with Gasteiger partial charge in [-0.05, 0) is 31.5 Å². The number of carbonyl (C=O) groups is 1.